The highest BCUT2D eigenvalue weighted by Crippen LogP contribution is 2.17. The average Bonchev–Trinajstić information content (AvgIpc) is 2.39. The molecule has 0 fully saturated rings. The van der Waals surface area contributed by atoms with Gasteiger partial charge >= 0.3 is 0 Å². The van der Waals surface area contributed by atoms with E-state index >= 15 is 0 Å². The van der Waals surface area contributed by atoms with Crippen molar-refractivity contribution in [3.63, 3.8) is 0 Å². The van der Waals surface area contributed by atoms with Crippen molar-refractivity contribution in [1.82, 2.24) is 4.98 Å². The Bertz CT molecular complexity index is 667. The highest BCUT2D eigenvalue weighted by molar-refractivity contribution is 6.33. The minimum absolute atomic E-state index is 0.143. The fourth-order valence-corrected chi connectivity index (χ4v) is 2.17. The van der Waals surface area contributed by atoms with E-state index in [-0.39, 0.29) is 22.6 Å². The van der Waals surface area contributed by atoms with Gasteiger partial charge in [0.05, 0.1) is 6.42 Å². The normalized spacial score (nSPS) is 10.2. The van der Waals surface area contributed by atoms with E-state index in [4.69, 9.17) is 28.9 Å². The summed E-state index contributed by atoms with van der Waals surface area (Å²) in [6, 6.07) is 9.63. The predicted octanol–water partition coefficient (Wildman–Crippen LogP) is 2.67. The van der Waals surface area contributed by atoms with Crippen LogP contribution in [0.3, 0.4) is 0 Å². The Kier molecular flexibility index (Phi) is 4.77. The zero-order valence-electron chi connectivity index (χ0n) is 10.8. The molecule has 0 aliphatic heterocycles. The number of carbonyl (C=O) groups excluding carboxylic acids is 2. The second-order valence-corrected chi connectivity index (χ2v) is 5.07. The summed E-state index contributed by atoms with van der Waals surface area (Å²) in [4.78, 5) is 26.6. The van der Waals surface area contributed by atoms with E-state index in [9.17, 15) is 9.59 Å². The number of pyridine rings is 1. The lowest BCUT2D eigenvalue weighted by molar-refractivity contribution is -0.117. The number of amides is 2. The number of nitrogens with zero attached hydrogens (tertiary/aromatic N) is 1. The van der Waals surface area contributed by atoms with E-state index in [1.807, 2.05) is 0 Å². The van der Waals surface area contributed by atoms with Gasteiger partial charge in [-0.3, -0.25) is 9.59 Å². The van der Waals surface area contributed by atoms with Crippen LogP contribution in [0.1, 0.15) is 15.9 Å². The SMILES string of the molecule is NC(=O)Cc1ccc(NC(=O)c2cc(Cl)nc(Cl)c2)cc1. The number of aromatic nitrogens is 1. The van der Waals surface area contributed by atoms with Gasteiger partial charge in [0.25, 0.3) is 5.91 Å². The van der Waals surface area contributed by atoms with Crippen LogP contribution in [0, 0.1) is 0 Å². The van der Waals surface area contributed by atoms with E-state index in [0.717, 1.165) is 5.56 Å². The fraction of sp³-hybridized carbons (Fsp3) is 0.0714. The lowest BCUT2D eigenvalue weighted by atomic mass is 10.1. The third-order valence-electron chi connectivity index (χ3n) is 2.62. The van der Waals surface area contributed by atoms with Gasteiger partial charge in [-0.15, -0.1) is 0 Å². The Morgan fingerprint density at radius 3 is 2.19 bits per heavy atom. The first-order chi connectivity index (χ1) is 9.94. The summed E-state index contributed by atoms with van der Waals surface area (Å²) >= 11 is 11.5. The van der Waals surface area contributed by atoms with E-state index in [2.05, 4.69) is 10.3 Å². The van der Waals surface area contributed by atoms with Crippen LogP contribution in [-0.2, 0) is 11.2 Å². The Balaban J connectivity index is 2.10. The molecule has 2 rings (SSSR count). The average molecular weight is 324 g/mol. The number of nitrogens with two attached hydrogens (primary N) is 1. The van der Waals surface area contributed by atoms with E-state index < -0.39 is 5.91 Å². The number of hydrogen-bond acceptors (Lipinski definition) is 3. The molecule has 0 saturated carbocycles. The van der Waals surface area contributed by atoms with Crippen LogP contribution >= 0.6 is 23.2 Å². The molecular formula is C14H11Cl2N3O2. The molecule has 1 aromatic carbocycles. The molecule has 3 N–H and O–H groups in total. The standard InChI is InChI=1S/C14H11Cl2N3O2/c15-11-6-9(7-12(16)19-11)14(21)18-10-3-1-8(2-4-10)5-13(17)20/h1-4,6-7H,5H2,(H2,17,20)(H,18,21). The minimum atomic E-state index is -0.409. The smallest absolute Gasteiger partial charge is 0.255 e. The maximum atomic E-state index is 12.1. The van der Waals surface area contributed by atoms with Crippen LogP contribution in [0.25, 0.3) is 0 Å². The first kappa shape index (κ1) is 15.3. The van der Waals surface area contributed by atoms with Gasteiger partial charge in [-0.1, -0.05) is 35.3 Å². The molecule has 1 heterocycles. The topological polar surface area (TPSA) is 85.1 Å². The number of rotatable bonds is 4. The highest BCUT2D eigenvalue weighted by atomic mass is 35.5. The van der Waals surface area contributed by atoms with Crippen LogP contribution in [0.4, 0.5) is 5.69 Å². The quantitative estimate of drug-likeness (QED) is 0.848. The second-order valence-electron chi connectivity index (χ2n) is 4.30. The monoisotopic (exact) mass is 323 g/mol. The molecule has 0 bridgehead atoms. The lowest BCUT2D eigenvalue weighted by Crippen LogP contribution is -2.14. The number of hydrogen-bond donors (Lipinski definition) is 2. The molecule has 0 spiro atoms. The maximum Gasteiger partial charge on any atom is 0.255 e. The summed E-state index contributed by atoms with van der Waals surface area (Å²) < 4.78 is 0. The predicted molar refractivity (Wildman–Crippen MR) is 81.6 cm³/mol. The van der Waals surface area contributed by atoms with Gasteiger partial charge in [0.1, 0.15) is 10.3 Å². The number of carbonyl (C=O) groups is 2. The van der Waals surface area contributed by atoms with Gasteiger partial charge in [-0.05, 0) is 29.8 Å². The summed E-state index contributed by atoms with van der Waals surface area (Å²) in [6.07, 6.45) is 0.157. The van der Waals surface area contributed by atoms with Crippen molar-refractivity contribution >= 4 is 40.7 Å². The van der Waals surface area contributed by atoms with E-state index in [0.29, 0.717) is 11.3 Å². The van der Waals surface area contributed by atoms with Crippen molar-refractivity contribution in [2.24, 2.45) is 5.73 Å². The summed E-state index contributed by atoms with van der Waals surface area (Å²) in [7, 11) is 0. The van der Waals surface area contributed by atoms with E-state index in [1.165, 1.54) is 12.1 Å². The third kappa shape index (κ3) is 4.44. The molecule has 5 nitrogen and oxygen atoms in total. The van der Waals surface area contributed by atoms with Gasteiger partial charge in [0.15, 0.2) is 0 Å². The minimum Gasteiger partial charge on any atom is -0.369 e. The third-order valence-corrected chi connectivity index (χ3v) is 3.00. The maximum absolute atomic E-state index is 12.1. The summed E-state index contributed by atoms with van der Waals surface area (Å²) in [5.41, 5.74) is 6.77. The van der Waals surface area contributed by atoms with Gasteiger partial charge < -0.3 is 11.1 Å². The highest BCUT2D eigenvalue weighted by Gasteiger charge is 2.09. The molecule has 21 heavy (non-hydrogen) atoms. The van der Waals surface area contributed by atoms with Crippen molar-refractivity contribution in [3.05, 3.63) is 57.8 Å². The van der Waals surface area contributed by atoms with Gasteiger partial charge in [0.2, 0.25) is 5.91 Å². The molecule has 0 aliphatic rings. The zero-order valence-corrected chi connectivity index (χ0v) is 12.3. The van der Waals surface area contributed by atoms with Crippen LogP contribution in [-0.4, -0.2) is 16.8 Å². The number of nitrogens with one attached hydrogen (secondary N) is 1. The van der Waals surface area contributed by atoms with Crippen LogP contribution in [0.2, 0.25) is 10.3 Å². The van der Waals surface area contributed by atoms with E-state index in [1.54, 1.807) is 24.3 Å². The Hall–Kier alpha value is -2.11. The van der Waals surface area contributed by atoms with Gasteiger partial charge in [0, 0.05) is 11.3 Å². The molecular weight excluding hydrogens is 313 g/mol. The van der Waals surface area contributed by atoms with Crippen LogP contribution in [0.5, 0.6) is 0 Å². The van der Waals surface area contributed by atoms with Crippen molar-refractivity contribution in [2.45, 2.75) is 6.42 Å². The molecule has 0 aliphatic carbocycles. The number of benzene rings is 1. The van der Waals surface area contributed by atoms with Gasteiger partial charge in [-0.25, -0.2) is 4.98 Å². The number of halogens is 2. The van der Waals surface area contributed by atoms with Crippen molar-refractivity contribution in [2.75, 3.05) is 5.32 Å². The first-order valence-corrected chi connectivity index (χ1v) is 6.71. The van der Waals surface area contributed by atoms with Crippen LogP contribution in [0.15, 0.2) is 36.4 Å². The van der Waals surface area contributed by atoms with Crippen LogP contribution < -0.4 is 11.1 Å². The molecule has 0 saturated heterocycles. The lowest BCUT2D eigenvalue weighted by Gasteiger charge is -2.07. The fourth-order valence-electron chi connectivity index (χ4n) is 1.71. The molecule has 0 unspecified atom stereocenters. The number of primary amides is 1. The summed E-state index contributed by atoms with van der Waals surface area (Å²) in [5.74, 6) is -0.767. The molecule has 0 radical (unpaired) electrons. The molecule has 0 atom stereocenters. The summed E-state index contributed by atoms with van der Waals surface area (Å²) in [5, 5.41) is 2.98. The molecule has 2 aromatic rings. The zero-order chi connectivity index (χ0) is 15.4. The van der Waals surface area contributed by atoms with Crippen molar-refractivity contribution in [3.8, 4) is 0 Å². The largest absolute Gasteiger partial charge is 0.369 e. The molecule has 7 heteroatoms. The molecule has 108 valence electrons. The Morgan fingerprint density at radius 1 is 1.10 bits per heavy atom. The summed E-state index contributed by atoms with van der Waals surface area (Å²) in [6.45, 7) is 0. The van der Waals surface area contributed by atoms with Gasteiger partial charge in [-0.2, -0.15) is 0 Å². The van der Waals surface area contributed by atoms with Crippen molar-refractivity contribution in [1.29, 1.82) is 0 Å². The first-order valence-electron chi connectivity index (χ1n) is 5.96. The Labute approximate surface area is 131 Å². The molecule has 1 aromatic heterocycles. The van der Waals surface area contributed by atoms with Crippen molar-refractivity contribution < 1.29 is 9.59 Å². The molecule has 2 amide bonds. The second kappa shape index (κ2) is 6.56. The Morgan fingerprint density at radius 2 is 1.67 bits per heavy atom. The number of anilines is 1.